The van der Waals surface area contributed by atoms with Crippen LogP contribution in [0.1, 0.15) is 46.1 Å². The van der Waals surface area contributed by atoms with Crippen LogP contribution < -0.4 is 5.32 Å². The van der Waals surface area contributed by atoms with Crippen molar-refractivity contribution >= 4 is 11.8 Å². The van der Waals surface area contributed by atoms with E-state index in [9.17, 15) is 0 Å². The molecule has 1 aromatic carbocycles. The third-order valence-electron chi connectivity index (χ3n) is 2.83. The fourth-order valence-electron chi connectivity index (χ4n) is 1.70. The first-order valence-electron chi connectivity index (χ1n) is 6.64. The molecule has 1 aromatic rings. The summed E-state index contributed by atoms with van der Waals surface area (Å²) in [5, 5.41) is 4.21. The van der Waals surface area contributed by atoms with Gasteiger partial charge in [0.2, 0.25) is 0 Å². The highest BCUT2D eigenvalue weighted by atomic mass is 32.2. The topological polar surface area (TPSA) is 12.0 Å². The third kappa shape index (κ3) is 5.60. The summed E-state index contributed by atoms with van der Waals surface area (Å²) in [6.07, 6.45) is 2.49. The Balaban J connectivity index is 2.58. The van der Waals surface area contributed by atoms with Crippen molar-refractivity contribution in [3.05, 3.63) is 29.8 Å². The molecule has 17 heavy (non-hydrogen) atoms. The van der Waals surface area contributed by atoms with Gasteiger partial charge in [-0.05, 0) is 30.5 Å². The average molecular weight is 251 g/mol. The third-order valence-corrected chi connectivity index (χ3v) is 4.35. The molecule has 1 N–H and O–H groups in total. The molecule has 0 spiro atoms. The van der Waals surface area contributed by atoms with E-state index in [1.54, 1.807) is 0 Å². The van der Waals surface area contributed by atoms with Gasteiger partial charge < -0.3 is 5.32 Å². The summed E-state index contributed by atoms with van der Waals surface area (Å²) < 4.78 is 0. The zero-order valence-electron chi connectivity index (χ0n) is 11.5. The molecule has 0 atom stereocenters. The number of hydrogen-bond donors (Lipinski definition) is 1. The summed E-state index contributed by atoms with van der Waals surface area (Å²) in [5.41, 5.74) is 1.38. The van der Waals surface area contributed by atoms with Crippen molar-refractivity contribution in [3.63, 3.8) is 0 Å². The molecule has 0 heterocycles. The van der Waals surface area contributed by atoms with Crippen molar-refractivity contribution in [2.45, 2.75) is 63.3 Å². The van der Waals surface area contributed by atoms with Crippen LogP contribution in [-0.2, 0) is 6.54 Å². The summed E-state index contributed by atoms with van der Waals surface area (Å²) in [6.45, 7) is 9.87. The van der Waals surface area contributed by atoms with Crippen molar-refractivity contribution in [2.75, 3.05) is 0 Å². The minimum Gasteiger partial charge on any atom is -0.310 e. The van der Waals surface area contributed by atoms with E-state index >= 15 is 0 Å². The first-order valence-corrected chi connectivity index (χ1v) is 7.52. The van der Waals surface area contributed by atoms with Crippen molar-refractivity contribution in [3.8, 4) is 0 Å². The first-order chi connectivity index (χ1) is 8.15. The summed E-state index contributed by atoms with van der Waals surface area (Å²) >= 11 is 2.01. The van der Waals surface area contributed by atoms with Gasteiger partial charge in [0.1, 0.15) is 0 Å². The van der Waals surface area contributed by atoms with E-state index in [1.165, 1.54) is 23.3 Å². The second kappa shape index (κ2) is 7.78. The molecule has 0 fully saturated rings. The predicted octanol–water partition coefficient (Wildman–Crippen LogP) is 4.47. The highest BCUT2D eigenvalue weighted by Crippen LogP contribution is 2.27. The van der Waals surface area contributed by atoms with E-state index in [1.807, 2.05) is 11.8 Å². The van der Waals surface area contributed by atoms with Crippen molar-refractivity contribution in [1.29, 1.82) is 0 Å². The van der Waals surface area contributed by atoms with Crippen LogP contribution in [0.15, 0.2) is 29.2 Å². The lowest BCUT2D eigenvalue weighted by Gasteiger charge is -2.13. The molecule has 1 nitrogen and oxygen atoms in total. The minimum atomic E-state index is 0.547. The Morgan fingerprint density at radius 2 is 1.88 bits per heavy atom. The van der Waals surface area contributed by atoms with E-state index < -0.39 is 0 Å². The van der Waals surface area contributed by atoms with Crippen molar-refractivity contribution in [2.24, 2.45) is 0 Å². The van der Waals surface area contributed by atoms with Gasteiger partial charge in [-0.1, -0.05) is 39.8 Å². The maximum atomic E-state index is 3.46. The SMILES string of the molecule is CCC(CC)Sc1cccc(CNC(C)C)c1. The maximum absolute atomic E-state index is 3.46. The smallest absolute Gasteiger partial charge is 0.0208 e. The van der Waals surface area contributed by atoms with Crippen LogP contribution in [0.2, 0.25) is 0 Å². The predicted molar refractivity (Wildman–Crippen MR) is 78.6 cm³/mol. The van der Waals surface area contributed by atoms with Gasteiger partial charge in [0.25, 0.3) is 0 Å². The quantitative estimate of drug-likeness (QED) is 0.718. The van der Waals surface area contributed by atoms with Crippen LogP contribution in [0, 0.1) is 0 Å². The molecule has 0 unspecified atom stereocenters. The highest BCUT2D eigenvalue weighted by Gasteiger charge is 2.06. The standard InChI is InChI=1S/C15H25NS/c1-5-14(6-2)17-15-9-7-8-13(10-15)11-16-12(3)4/h7-10,12,14,16H,5-6,11H2,1-4H3. The zero-order valence-corrected chi connectivity index (χ0v) is 12.3. The Hall–Kier alpha value is -0.470. The molecule has 96 valence electrons. The first kappa shape index (κ1) is 14.6. The van der Waals surface area contributed by atoms with Crippen molar-refractivity contribution < 1.29 is 0 Å². The van der Waals surface area contributed by atoms with Gasteiger partial charge in [-0.25, -0.2) is 0 Å². The lowest BCUT2D eigenvalue weighted by atomic mass is 10.2. The summed E-state index contributed by atoms with van der Waals surface area (Å²) in [4.78, 5) is 1.40. The van der Waals surface area contributed by atoms with Gasteiger partial charge in [-0.15, -0.1) is 11.8 Å². The fourth-order valence-corrected chi connectivity index (χ4v) is 2.79. The van der Waals surface area contributed by atoms with Crippen molar-refractivity contribution in [1.82, 2.24) is 5.32 Å². The second-order valence-corrected chi connectivity index (χ2v) is 6.11. The van der Waals surface area contributed by atoms with E-state index in [-0.39, 0.29) is 0 Å². The second-order valence-electron chi connectivity index (χ2n) is 4.74. The van der Waals surface area contributed by atoms with Gasteiger partial charge >= 0.3 is 0 Å². The Bertz CT molecular complexity index is 318. The number of hydrogen-bond acceptors (Lipinski definition) is 2. The molecule has 2 heteroatoms. The van der Waals surface area contributed by atoms with Crippen LogP contribution in [0.5, 0.6) is 0 Å². The molecule has 0 aliphatic carbocycles. The number of benzene rings is 1. The average Bonchev–Trinajstić information content (AvgIpc) is 2.34. The fraction of sp³-hybridized carbons (Fsp3) is 0.600. The molecule has 0 saturated heterocycles. The lowest BCUT2D eigenvalue weighted by Crippen LogP contribution is -2.21. The summed E-state index contributed by atoms with van der Waals surface area (Å²) in [5.74, 6) is 0. The van der Waals surface area contributed by atoms with E-state index in [4.69, 9.17) is 0 Å². The molecule has 0 radical (unpaired) electrons. The molecule has 0 bridgehead atoms. The molecule has 0 aromatic heterocycles. The minimum absolute atomic E-state index is 0.547. The molecule has 0 amide bonds. The Labute approximate surface area is 110 Å². The van der Waals surface area contributed by atoms with Gasteiger partial charge in [0.05, 0.1) is 0 Å². The van der Waals surface area contributed by atoms with Crippen LogP contribution in [0.25, 0.3) is 0 Å². The molecular formula is C15H25NS. The van der Waals surface area contributed by atoms with Crippen LogP contribution in [0.3, 0.4) is 0 Å². The van der Waals surface area contributed by atoms with Gasteiger partial charge in [0.15, 0.2) is 0 Å². The highest BCUT2D eigenvalue weighted by molar-refractivity contribution is 8.00. The van der Waals surface area contributed by atoms with E-state index in [0.29, 0.717) is 6.04 Å². The molecule has 0 aliphatic rings. The molecule has 0 aliphatic heterocycles. The van der Waals surface area contributed by atoms with Gasteiger partial charge in [-0.2, -0.15) is 0 Å². The zero-order chi connectivity index (χ0) is 12.7. The van der Waals surface area contributed by atoms with Gasteiger partial charge in [-0.3, -0.25) is 0 Å². The monoisotopic (exact) mass is 251 g/mol. The largest absolute Gasteiger partial charge is 0.310 e. The normalized spacial score (nSPS) is 11.4. The lowest BCUT2D eigenvalue weighted by molar-refractivity contribution is 0.588. The Kier molecular flexibility index (Phi) is 6.68. The number of thioether (sulfide) groups is 1. The molecule has 1 rings (SSSR count). The Morgan fingerprint density at radius 3 is 2.47 bits per heavy atom. The van der Waals surface area contributed by atoms with Crippen LogP contribution in [0.4, 0.5) is 0 Å². The Morgan fingerprint density at radius 1 is 1.18 bits per heavy atom. The van der Waals surface area contributed by atoms with Gasteiger partial charge in [0, 0.05) is 22.7 Å². The molecule has 0 saturated carbocycles. The summed E-state index contributed by atoms with van der Waals surface area (Å²) in [6, 6.07) is 9.46. The van der Waals surface area contributed by atoms with E-state index in [2.05, 4.69) is 57.3 Å². The van der Waals surface area contributed by atoms with E-state index in [0.717, 1.165) is 11.8 Å². The summed E-state index contributed by atoms with van der Waals surface area (Å²) in [7, 11) is 0. The number of nitrogens with one attached hydrogen (secondary N) is 1. The maximum Gasteiger partial charge on any atom is 0.0208 e. The van der Waals surface area contributed by atoms with Crippen LogP contribution in [-0.4, -0.2) is 11.3 Å². The number of rotatable bonds is 7. The molecular weight excluding hydrogens is 226 g/mol. The van der Waals surface area contributed by atoms with Crippen LogP contribution >= 0.6 is 11.8 Å².